The number of nitrogens with zero attached hydrogens (tertiary/aromatic N) is 1. The van der Waals surface area contributed by atoms with Crippen molar-refractivity contribution in [3.63, 3.8) is 0 Å². The second-order valence-corrected chi connectivity index (χ2v) is 7.95. The molecule has 0 unspecified atom stereocenters. The molecule has 0 aliphatic rings. The topological polar surface area (TPSA) is 76.2 Å². The molecular weight excluding hydrogens is 459 g/mol. The molecule has 0 fully saturated rings. The molecule has 9 heteroatoms. The minimum Gasteiger partial charge on any atom is -0.497 e. The molecule has 1 atom stereocenters. The van der Waals surface area contributed by atoms with Crippen molar-refractivity contribution in [2.45, 2.75) is 25.1 Å². The minimum absolute atomic E-state index is 0.178. The Kier molecular flexibility index (Phi) is 6.95. The number of imidazole rings is 1. The van der Waals surface area contributed by atoms with Crippen LogP contribution in [0.25, 0.3) is 11.0 Å². The number of H-pyrrole nitrogens is 1. The molecule has 182 valence electrons. The predicted octanol–water partition coefficient (Wildman–Crippen LogP) is 5.44. The maximum Gasteiger partial charge on any atom is 0.449 e. The number of carbonyl (C=O) groups is 1. The van der Waals surface area contributed by atoms with Gasteiger partial charge in [0.25, 0.3) is 0 Å². The molecular formula is C26H24F3N3O3. The number of halogens is 3. The third-order valence-corrected chi connectivity index (χ3v) is 5.65. The fourth-order valence-corrected chi connectivity index (χ4v) is 3.90. The van der Waals surface area contributed by atoms with Crippen LogP contribution in [0.3, 0.4) is 0 Å². The highest BCUT2D eigenvalue weighted by molar-refractivity contribution is 5.79. The number of aromatic amines is 1. The van der Waals surface area contributed by atoms with Crippen LogP contribution >= 0.6 is 0 Å². The number of aryl methyl sites for hydroxylation is 1. The first-order valence-corrected chi connectivity index (χ1v) is 10.9. The molecule has 1 heterocycles. The summed E-state index contributed by atoms with van der Waals surface area (Å²) in [5.41, 5.74) is 2.70. The van der Waals surface area contributed by atoms with E-state index in [1.165, 1.54) is 6.07 Å². The lowest BCUT2D eigenvalue weighted by molar-refractivity contribution is -0.144. The predicted molar refractivity (Wildman–Crippen MR) is 125 cm³/mol. The van der Waals surface area contributed by atoms with E-state index in [9.17, 15) is 18.0 Å². The molecule has 4 aromatic rings. The second kappa shape index (κ2) is 10.1. The van der Waals surface area contributed by atoms with E-state index < -0.39 is 18.0 Å². The number of methoxy groups -OCH3 is 2. The van der Waals surface area contributed by atoms with Crippen LogP contribution in [0.2, 0.25) is 0 Å². The van der Waals surface area contributed by atoms with E-state index in [-0.39, 0.29) is 23.4 Å². The van der Waals surface area contributed by atoms with E-state index in [1.54, 1.807) is 38.5 Å². The van der Waals surface area contributed by atoms with Crippen LogP contribution < -0.4 is 14.8 Å². The Bertz CT molecular complexity index is 1320. The molecule has 0 radical (unpaired) electrons. The molecule has 0 aliphatic heterocycles. The van der Waals surface area contributed by atoms with Crippen molar-refractivity contribution in [1.82, 2.24) is 15.3 Å². The zero-order valence-electron chi connectivity index (χ0n) is 19.1. The highest BCUT2D eigenvalue weighted by atomic mass is 19.4. The number of fused-ring (bicyclic) bond motifs is 1. The summed E-state index contributed by atoms with van der Waals surface area (Å²) in [5, 5.41) is 3.02. The van der Waals surface area contributed by atoms with Gasteiger partial charge in [-0.05, 0) is 53.4 Å². The lowest BCUT2D eigenvalue weighted by Gasteiger charge is -2.20. The smallest absolute Gasteiger partial charge is 0.449 e. The van der Waals surface area contributed by atoms with Gasteiger partial charge in [0.1, 0.15) is 11.5 Å². The number of benzene rings is 3. The number of carbonyl (C=O) groups excluding carboxylic acids is 1. The van der Waals surface area contributed by atoms with Gasteiger partial charge in [0.2, 0.25) is 11.7 Å². The summed E-state index contributed by atoms with van der Waals surface area (Å²) in [4.78, 5) is 18.9. The Morgan fingerprint density at radius 1 is 1.00 bits per heavy atom. The van der Waals surface area contributed by atoms with Crippen molar-refractivity contribution >= 4 is 16.9 Å². The van der Waals surface area contributed by atoms with Crippen molar-refractivity contribution < 1.29 is 27.4 Å². The Hall–Kier alpha value is -4.01. The number of hydrogen-bond acceptors (Lipinski definition) is 4. The molecule has 1 amide bonds. The quantitative estimate of drug-likeness (QED) is 0.350. The summed E-state index contributed by atoms with van der Waals surface area (Å²) in [7, 11) is 3.13. The zero-order chi connectivity index (χ0) is 25.0. The summed E-state index contributed by atoms with van der Waals surface area (Å²) in [6.07, 6.45) is -3.98. The van der Waals surface area contributed by atoms with Gasteiger partial charge < -0.3 is 19.8 Å². The maximum atomic E-state index is 13.1. The summed E-state index contributed by atoms with van der Waals surface area (Å²) in [6, 6.07) is 18.8. The van der Waals surface area contributed by atoms with Gasteiger partial charge >= 0.3 is 6.18 Å². The normalized spacial score (nSPS) is 12.4. The van der Waals surface area contributed by atoms with Gasteiger partial charge in [-0.3, -0.25) is 4.79 Å². The summed E-state index contributed by atoms with van der Waals surface area (Å²) < 4.78 is 49.9. The molecule has 1 aromatic heterocycles. The number of ether oxygens (including phenoxy) is 2. The number of rotatable bonds is 8. The number of nitrogens with one attached hydrogen (secondary N) is 2. The molecule has 3 aromatic carbocycles. The van der Waals surface area contributed by atoms with Crippen molar-refractivity contribution in [1.29, 1.82) is 0 Å². The maximum absolute atomic E-state index is 13.1. The Morgan fingerprint density at radius 3 is 2.46 bits per heavy atom. The molecule has 6 nitrogen and oxygen atoms in total. The minimum atomic E-state index is -4.58. The highest BCUT2D eigenvalue weighted by Crippen LogP contribution is 2.31. The third-order valence-electron chi connectivity index (χ3n) is 5.65. The molecule has 0 bridgehead atoms. The van der Waals surface area contributed by atoms with Gasteiger partial charge in [-0.15, -0.1) is 0 Å². The van der Waals surface area contributed by atoms with Gasteiger partial charge in [-0.1, -0.05) is 36.4 Å². The van der Waals surface area contributed by atoms with Gasteiger partial charge in [0.05, 0.1) is 31.3 Å². The standard InChI is InChI=1S/C26H24F3N3O3/c1-34-19-10-12-22(35-2)17(14-19)9-13-23(33)32-24(16-6-4-3-5-7-16)18-8-11-20-21(15-18)31-25(30-20)26(27,28)29/h3-8,10-12,14-15,24H,9,13H2,1-2H3,(H,30,31)(H,32,33)/t24-/m0/s1. The number of aromatic nitrogens is 2. The Labute approximate surface area is 200 Å². The van der Waals surface area contributed by atoms with Gasteiger partial charge in [0, 0.05) is 6.42 Å². The Balaban J connectivity index is 1.58. The van der Waals surface area contributed by atoms with Crippen LogP contribution in [0.5, 0.6) is 11.5 Å². The van der Waals surface area contributed by atoms with Crippen LogP contribution in [0, 0.1) is 0 Å². The first kappa shape index (κ1) is 24.1. The lowest BCUT2D eigenvalue weighted by atomic mass is 9.97. The zero-order valence-corrected chi connectivity index (χ0v) is 19.1. The van der Waals surface area contributed by atoms with E-state index in [2.05, 4.69) is 15.3 Å². The van der Waals surface area contributed by atoms with Gasteiger partial charge in [-0.2, -0.15) is 13.2 Å². The van der Waals surface area contributed by atoms with Crippen LogP contribution in [-0.2, 0) is 17.4 Å². The SMILES string of the molecule is COc1ccc(OC)c(CCC(=O)N[C@@H](c2ccccc2)c2ccc3nc(C(F)(F)F)[nH]c3c2)c1. The lowest BCUT2D eigenvalue weighted by Crippen LogP contribution is -2.29. The third kappa shape index (κ3) is 5.56. The summed E-state index contributed by atoms with van der Waals surface area (Å²) in [6.45, 7) is 0. The molecule has 0 aliphatic carbocycles. The number of alkyl halides is 3. The fraction of sp³-hybridized carbons (Fsp3) is 0.231. The van der Waals surface area contributed by atoms with E-state index in [1.807, 2.05) is 36.4 Å². The van der Waals surface area contributed by atoms with E-state index >= 15 is 0 Å². The fourth-order valence-electron chi connectivity index (χ4n) is 3.90. The van der Waals surface area contributed by atoms with Crippen LogP contribution in [0.4, 0.5) is 13.2 Å². The van der Waals surface area contributed by atoms with Gasteiger partial charge in [0.15, 0.2) is 0 Å². The first-order valence-electron chi connectivity index (χ1n) is 10.9. The highest BCUT2D eigenvalue weighted by Gasteiger charge is 2.34. The largest absolute Gasteiger partial charge is 0.497 e. The molecule has 35 heavy (non-hydrogen) atoms. The molecule has 0 saturated carbocycles. The van der Waals surface area contributed by atoms with E-state index in [0.29, 0.717) is 23.5 Å². The van der Waals surface area contributed by atoms with Crippen molar-refractivity contribution in [3.05, 3.63) is 89.2 Å². The van der Waals surface area contributed by atoms with Crippen molar-refractivity contribution in [2.75, 3.05) is 14.2 Å². The second-order valence-electron chi connectivity index (χ2n) is 7.95. The van der Waals surface area contributed by atoms with Crippen LogP contribution in [0.15, 0.2) is 66.7 Å². The number of amides is 1. The van der Waals surface area contributed by atoms with Crippen molar-refractivity contribution in [3.8, 4) is 11.5 Å². The van der Waals surface area contributed by atoms with Crippen molar-refractivity contribution in [2.24, 2.45) is 0 Å². The van der Waals surface area contributed by atoms with Gasteiger partial charge in [-0.25, -0.2) is 4.98 Å². The molecule has 2 N–H and O–H groups in total. The summed E-state index contributed by atoms with van der Waals surface area (Å²) >= 11 is 0. The Morgan fingerprint density at radius 2 is 1.77 bits per heavy atom. The van der Waals surface area contributed by atoms with E-state index in [4.69, 9.17) is 9.47 Å². The molecule has 0 saturated heterocycles. The molecule has 0 spiro atoms. The average molecular weight is 483 g/mol. The van der Waals surface area contributed by atoms with Crippen LogP contribution in [0.1, 0.15) is 35.0 Å². The molecule has 4 rings (SSSR count). The first-order chi connectivity index (χ1) is 16.8. The monoisotopic (exact) mass is 483 g/mol. The number of hydrogen-bond donors (Lipinski definition) is 2. The average Bonchev–Trinajstić information content (AvgIpc) is 3.30. The van der Waals surface area contributed by atoms with E-state index in [0.717, 1.165) is 11.1 Å². The van der Waals surface area contributed by atoms with Crippen LogP contribution in [-0.4, -0.2) is 30.1 Å². The summed E-state index contributed by atoms with van der Waals surface area (Å²) in [5.74, 6) is 0.0411.